The van der Waals surface area contributed by atoms with Gasteiger partial charge < -0.3 is 25.4 Å². The minimum Gasteiger partial charge on any atom is -0.506 e. The third-order valence-corrected chi connectivity index (χ3v) is 4.80. The number of aromatic carboxylic acids is 1. The summed E-state index contributed by atoms with van der Waals surface area (Å²) in [5.74, 6) is -6.00. The van der Waals surface area contributed by atoms with Gasteiger partial charge in [0, 0.05) is 5.02 Å². The average molecular weight is 453 g/mol. The van der Waals surface area contributed by atoms with E-state index in [1.807, 2.05) is 0 Å². The lowest BCUT2D eigenvalue weighted by Gasteiger charge is -2.22. The van der Waals surface area contributed by atoms with Gasteiger partial charge in [-0.15, -0.1) is 0 Å². The van der Waals surface area contributed by atoms with Crippen LogP contribution in [0.3, 0.4) is 0 Å². The molecule has 166 valence electrons. The van der Waals surface area contributed by atoms with Crippen molar-refractivity contribution < 1.29 is 34.4 Å². The van der Waals surface area contributed by atoms with E-state index in [-0.39, 0.29) is 6.61 Å². The fourth-order valence-electron chi connectivity index (χ4n) is 3.13. The van der Waals surface area contributed by atoms with Gasteiger partial charge in [0.25, 0.3) is 11.5 Å². The predicted molar refractivity (Wildman–Crippen MR) is 110 cm³/mol. The van der Waals surface area contributed by atoms with Crippen molar-refractivity contribution in [1.29, 1.82) is 0 Å². The maximum absolute atomic E-state index is 13.0. The van der Waals surface area contributed by atoms with Gasteiger partial charge in [0.15, 0.2) is 11.3 Å². The summed E-state index contributed by atoms with van der Waals surface area (Å²) in [6, 6.07) is 3.82. The lowest BCUT2D eigenvalue weighted by atomic mass is 10.0. The number of pyridine rings is 1. The zero-order chi connectivity index (χ0) is 23.5. The van der Waals surface area contributed by atoms with Crippen molar-refractivity contribution in [2.45, 2.75) is 26.8 Å². The van der Waals surface area contributed by atoms with E-state index < -0.39 is 58.7 Å². The molecule has 0 aliphatic heterocycles. The summed E-state index contributed by atoms with van der Waals surface area (Å²) in [7, 11) is 0. The molecule has 0 fully saturated rings. The van der Waals surface area contributed by atoms with E-state index >= 15 is 0 Å². The first-order valence-electron chi connectivity index (χ1n) is 9.14. The van der Waals surface area contributed by atoms with Crippen LogP contribution in [-0.2, 0) is 9.53 Å². The molecule has 0 aliphatic rings. The largest absolute Gasteiger partial charge is 0.506 e. The van der Waals surface area contributed by atoms with Crippen LogP contribution in [0.2, 0.25) is 5.02 Å². The van der Waals surface area contributed by atoms with Crippen LogP contribution < -0.4 is 10.9 Å². The number of aryl methyl sites for hydroxylation is 1. The Labute approximate surface area is 181 Å². The third kappa shape index (κ3) is 4.80. The molecule has 1 aromatic heterocycles. The summed E-state index contributed by atoms with van der Waals surface area (Å²) >= 11 is 5.95. The Morgan fingerprint density at radius 1 is 1.23 bits per heavy atom. The number of carboxylic acid groups (broad SMARTS) is 1. The number of nitrogens with one attached hydrogen (secondary N) is 1. The van der Waals surface area contributed by atoms with Crippen LogP contribution >= 0.6 is 11.6 Å². The Balaban J connectivity index is 2.67. The van der Waals surface area contributed by atoms with Gasteiger partial charge in [-0.3, -0.25) is 19.0 Å². The van der Waals surface area contributed by atoms with Gasteiger partial charge in [0.05, 0.1) is 12.6 Å². The number of carbonyl (C=O) groups is 3. The highest BCUT2D eigenvalue weighted by Gasteiger charge is 2.32. The van der Waals surface area contributed by atoms with E-state index in [1.54, 1.807) is 32.0 Å². The highest BCUT2D eigenvalue weighted by molar-refractivity contribution is 6.30. The molecular formula is C20H21ClN2O8. The molecule has 1 amide bonds. The molecule has 0 saturated carbocycles. The number of carbonyl (C=O) groups excluding carboxylic acids is 2. The Hall–Kier alpha value is -3.53. The molecule has 0 spiro atoms. The molecule has 10 nitrogen and oxygen atoms in total. The van der Waals surface area contributed by atoms with E-state index in [4.69, 9.17) is 11.6 Å². The van der Waals surface area contributed by atoms with E-state index in [9.17, 15) is 34.5 Å². The molecule has 11 heteroatoms. The lowest BCUT2D eigenvalue weighted by Crippen LogP contribution is -2.38. The zero-order valence-corrected chi connectivity index (χ0v) is 17.7. The van der Waals surface area contributed by atoms with Crippen LogP contribution in [0, 0.1) is 6.92 Å². The smallest absolute Gasteiger partial charge is 0.345 e. The number of carboxylic acids is 1. The second-order valence-electron chi connectivity index (χ2n) is 6.57. The highest BCUT2D eigenvalue weighted by Crippen LogP contribution is 2.33. The molecule has 2 aromatic rings. The number of rotatable bonds is 7. The van der Waals surface area contributed by atoms with Gasteiger partial charge in [-0.1, -0.05) is 17.7 Å². The topological polar surface area (TPSA) is 155 Å². The van der Waals surface area contributed by atoms with Gasteiger partial charge in [-0.2, -0.15) is 0 Å². The first-order valence-corrected chi connectivity index (χ1v) is 9.52. The molecule has 1 unspecified atom stereocenters. The molecular weight excluding hydrogens is 432 g/mol. The number of nitrogens with zero attached hydrogens (tertiary/aromatic N) is 1. The van der Waals surface area contributed by atoms with Crippen molar-refractivity contribution in [3.05, 3.63) is 55.8 Å². The van der Waals surface area contributed by atoms with Gasteiger partial charge in [-0.05, 0) is 44.0 Å². The van der Waals surface area contributed by atoms with Gasteiger partial charge in [-0.25, -0.2) is 4.79 Å². The third-order valence-electron chi connectivity index (χ3n) is 4.57. The summed E-state index contributed by atoms with van der Waals surface area (Å²) in [4.78, 5) is 48.7. The van der Waals surface area contributed by atoms with Crippen molar-refractivity contribution in [3.8, 4) is 11.6 Å². The number of halogens is 1. The number of esters is 1. The fraction of sp³-hybridized carbons (Fsp3) is 0.300. The first-order chi connectivity index (χ1) is 14.5. The molecule has 1 heterocycles. The number of aromatic nitrogens is 1. The van der Waals surface area contributed by atoms with Gasteiger partial charge in [0.1, 0.15) is 12.1 Å². The standard InChI is InChI=1S/C20H21ClN2O8/c1-4-31-13(24)8-22-17(26)14-16(25)15(20(29)30)19(28)23(18(14)27)10(3)12-6-5-11(21)7-9(12)2/h5-7,10,25,28H,4,8H2,1-3H3,(H,22,26)(H,29,30). The molecule has 4 N–H and O–H groups in total. The number of benzene rings is 1. The molecule has 0 saturated heterocycles. The van der Waals surface area contributed by atoms with Crippen LogP contribution in [0.25, 0.3) is 0 Å². The molecule has 31 heavy (non-hydrogen) atoms. The first kappa shape index (κ1) is 23.7. The highest BCUT2D eigenvalue weighted by atomic mass is 35.5. The van der Waals surface area contributed by atoms with Crippen molar-refractivity contribution in [3.63, 3.8) is 0 Å². The van der Waals surface area contributed by atoms with Crippen molar-refractivity contribution in [1.82, 2.24) is 9.88 Å². The minimum absolute atomic E-state index is 0.0626. The summed E-state index contributed by atoms with van der Waals surface area (Å²) in [5, 5.41) is 32.7. The minimum atomic E-state index is -1.76. The molecule has 1 aromatic carbocycles. The Morgan fingerprint density at radius 2 is 1.87 bits per heavy atom. The number of ether oxygens (including phenoxy) is 1. The normalized spacial score (nSPS) is 11.6. The summed E-state index contributed by atoms with van der Waals surface area (Å²) in [6.07, 6.45) is 0. The Morgan fingerprint density at radius 3 is 2.42 bits per heavy atom. The molecule has 1 atom stereocenters. The van der Waals surface area contributed by atoms with Crippen LogP contribution in [0.5, 0.6) is 11.6 Å². The molecule has 0 aliphatic carbocycles. The van der Waals surface area contributed by atoms with Crippen molar-refractivity contribution in [2.75, 3.05) is 13.2 Å². The quantitative estimate of drug-likeness (QED) is 0.463. The molecule has 2 rings (SSSR count). The van der Waals surface area contributed by atoms with E-state index in [0.29, 0.717) is 20.7 Å². The Kier molecular flexibility index (Phi) is 7.29. The van der Waals surface area contributed by atoms with Crippen LogP contribution in [-0.4, -0.2) is 50.9 Å². The van der Waals surface area contributed by atoms with E-state index in [1.165, 1.54) is 6.92 Å². The zero-order valence-electron chi connectivity index (χ0n) is 16.9. The number of amides is 1. The number of hydrogen-bond donors (Lipinski definition) is 4. The summed E-state index contributed by atoms with van der Waals surface area (Å²) in [6.45, 7) is 4.21. The van der Waals surface area contributed by atoms with Crippen molar-refractivity contribution in [2.24, 2.45) is 0 Å². The second kappa shape index (κ2) is 9.52. The lowest BCUT2D eigenvalue weighted by molar-refractivity contribution is -0.141. The SMILES string of the molecule is CCOC(=O)CNC(=O)c1c(O)c(C(=O)O)c(O)n(C(C)c2ccc(Cl)cc2C)c1=O. The fourth-order valence-corrected chi connectivity index (χ4v) is 3.36. The maximum atomic E-state index is 13.0. The van der Waals surface area contributed by atoms with E-state index in [0.717, 1.165) is 0 Å². The summed E-state index contributed by atoms with van der Waals surface area (Å²) in [5.41, 5.74) is -1.95. The molecule has 0 bridgehead atoms. The van der Waals surface area contributed by atoms with Crippen LogP contribution in [0.15, 0.2) is 23.0 Å². The monoisotopic (exact) mass is 452 g/mol. The molecule has 0 radical (unpaired) electrons. The van der Waals surface area contributed by atoms with Gasteiger partial charge in [0.2, 0.25) is 5.88 Å². The van der Waals surface area contributed by atoms with Gasteiger partial charge >= 0.3 is 11.9 Å². The Bertz CT molecular complexity index is 1110. The number of hydrogen-bond acceptors (Lipinski definition) is 7. The number of aromatic hydroxyl groups is 2. The average Bonchev–Trinajstić information content (AvgIpc) is 2.66. The maximum Gasteiger partial charge on any atom is 0.345 e. The summed E-state index contributed by atoms with van der Waals surface area (Å²) < 4.78 is 5.35. The van der Waals surface area contributed by atoms with E-state index in [2.05, 4.69) is 10.1 Å². The van der Waals surface area contributed by atoms with Crippen LogP contribution in [0.1, 0.15) is 51.7 Å². The second-order valence-corrected chi connectivity index (χ2v) is 7.00. The predicted octanol–water partition coefficient (Wildman–Crippen LogP) is 1.82. The van der Waals surface area contributed by atoms with Crippen LogP contribution in [0.4, 0.5) is 0 Å². The van der Waals surface area contributed by atoms with Crippen molar-refractivity contribution >= 4 is 29.4 Å².